The number of ether oxygens (including phenoxy) is 2. The smallest absolute Gasteiger partial charge is 0.258 e. The van der Waals surface area contributed by atoms with E-state index >= 15 is 0 Å². The average Bonchev–Trinajstić information content (AvgIpc) is 2.64. The lowest BCUT2D eigenvalue weighted by Gasteiger charge is -2.18. The van der Waals surface area contributed by atoms with Crippen molar-refractivity contribution in [3.8, 4) is 11.5 Å². The molecular weight excluding hydrogens is 278 g/mol. The fourth-order valence-electron chi connectivity index (χ4n) is 3.05. The minimum Gasteiger partial charge on any atom is -0.493 e. The van der Waals surface area contributed by atoms with Gasteiger partial charge in [0.05, 0.1) is 14.2 Å². The molecular formula is C18H19NO3. The van der Waals surface area contributed by atoms with E-state index in [1.54, 1.807) is 32.2 Å². The van der Waals surface area contributed by atoms with Crippen molar-refractivity contribution in [3.05, 3.63) is 53.1 Å². The van der Waals surface area contributed by atoms with Crippen LogP contribution in [-0.2, 0) is 0 Å². The molecule has 4 nitrogen and oxygen atoms in total. The molecule has 3 rings (SSSR count). The zero-order chi connectivity index (χ0) is 15.9. The van der Waals surface area contributed by atoms with E-state index < -0.39 is 0 Å². The number of hydrogen-bond acceptors (Lipinski definition) is 3. The molecule has 0 fully saturated rings. The number of carbonyl (C=O) groups excluding carboxylic acids is 1. The zero-order valence-corrected chi connectivity index (χ0v) is 13.2. The summed E-state index contributed by atoms with van der Waals surface area (Å²) in [6.07, 6.45) is 0. The van der Waals surface area contributed by atoms with Gasteiger partial charge in [-0.25, -0.2) is 0 Å². The molecule has 0 bridgehead atoms. The van der Waals surface area contributed by atoms with Crippen molar-refractivity contribution < 1.29 is 14.3 Å². The molecule has 114 valence electrons. The maximum atomic E-state index is 12.8. The highest BCUT2D eigenvalue weighted by Crippen LogP contribution is 2.41. The van der Waals surface area contributed by atoms with E-state index in [1.165, 1.54) is 0 Å². The Morgan fingerprint density at radius 3 is 2.32 bits per heavy atom. The molecule has 1 amide bonds. The first kappa shape index (κ1) is 14.4. The highest BCUT2D eigenvalue weighted by Gasteiger charge is 2.29. The average molecular weight is 297 g/mol. The van der Waals surface area contributed by atoms with Crippen LogP contribution in [0.2, 0.25) is 0 Å². The predicted octanol–water partition coefficient (Wildman–Crippen LogP) is 3.45. The lowest BCUT2D eigenvalue weighted by Crippen LogP contribution is -2.26. The van der Waals surface area contributed by atoms with Gasteiger partial charge in [0.2, 0.25) is 0 Å². The number of hydrogen-bond donors (Lipinski definition) is 0. The second-order valence-electron chi connectivity index (χ2n) is 5.44. The van der Waals surface area contributed by atoms with Crippen molar-refractivity contribution in [1.82, 2.24) is 0 Å². The second kappa shape index (κ2) is 5.37. The highest BCUT2D eigenvalue weighted by molar-refractivity contribution is 6.09. The van der Waals surface area contributed by atoms with Crippen LogP contribution in [0.15, 0.2) is 36.4 Å². The highest BCUT2D eigenvalue weighted by atomic mass is 16.5. The Balaban J connectivity index is 2.29. The summed E-state index contributed by atoms with van der Waals surface area (Å²) in [7, 11) is 4.99. The molecule has 0 saturated carbocycles. The maximum Gasteiger partial charge on any atom is 0.258 e. The van der Waals surface area contributed by atoms with E-state index in [4.69, 9.17) is 9.47 Å². The van der Waals surface area contributed by atoms with Gasteiger partial charge in [0.25, 0.3) is 5.91 Å². The number of carbonyl (C=O) groups is 1. The molecule has 22 heavy (non-hydrogen) atoms. The van der Waals surface area contributed by atoms with E-state index in [2.05, 4.69) is 13.0 Å². The van der Waals surface area contributed by atoms with Crippen LogP contribution in [0.3, 0.4) is 0 Å². The number of methoxy groups -OCH3 is 2. The van der Waals surface area contributed by atoms with Crippen LogP contribution >= 0.6 is 0 Å². The summed E-state index contributed by atoms with van der Waals surface area (Å²) < 4.78 is 10.7. The number of para-hydroxylation sites is 1. The summed E-state index contributed by atoms with van der Waals surface area (Å²) in [4.78, 5) is 14.5. The normalized spacial score (nSPS) is 16.6. The predicted molar refractivity (Wildman–Crippen MR) is 86.2 cm³/mol. The van der Waals surface area contributed by atoms with Gasteiger partial charge in [-0.05, 0) is 29.3 Å². The Kier molecular flexibility index (Phi) is 3.53. The third kappa shape index (κ3) is 2.03. The molecule has 1 atom stereocenters. The number of fused-ring (bicyclic) bond motifs is 2. The molecule has 0 spiro atoms. The van der Waals surface area contributed by atoms with Crippen LogP contribution in [0.5, 0.6) is 11.5 Å². The first-order valence-corrected chi connectivity index (χ1v) is 7.21. The van der Waals surface area contributed by atoms with E-state index in [0.29, 0.717) is 17.1 Å². The summed E-state index contributed by atoms with van der Waals surface area (Å²) >= 11 is 0. The van der Waals surface area contributed by atoms with E-state index in [9.17, 15) is 4.79 Å². The Morgan fingerprint density at radius 2 is 1.64 bits per heavy atom. The first-order chi connectivity index (χ1) is 10.6. The number of benzene rings is 2. The van der Waals surface area contributed by atoms with E-state index in [-0.39, 0.29) is 11.8 Å². The van der Waals surface area contributed by atoms with Gasteiger partial charge < -0.3 is 14.4 Å². The topological polar surface area (TPSA) is 38.8 Å². The molecule has 0 aliphatic carbocycles. The zero-order valence-electron chi connectivity index (χ0n) is 13.2. The van der Waals surface area contributed by atoms with Gasteiger partial charge in [-0.3, -0.25) is 4.79 Å². The molecule has 1 aliphatic heterocycles. The summed E-state index contributed by atoms with van der Waals surface area (Å²) in [5.74, 6) is 1.27. The third-order valence-corrected chi connectivity index (χ3v) is 4.32. The molecule has 4 heteroatoms. The standard InChI is InChI=1S/C18H19NO3/c1-11-12-7-5-6-8-15(12)19(2)18(20)14-10-17(22-4)16(21-3)9-13(11)14/h5-11H,1-4H3. The molecule has 0 N–H and O–H groups in total. The van der Waals surface area contributed by atoms with E-state index in [0.717, 1.165) is 16.8 Å². The summed E-state index contributed by atoms with van der Waals surface area (Å²) in [6.45, 7) is 2.11. The van der Waals surface area contributed by atoms with Crippen LogP contribution in [0, 0.1) is 0 Å². The third-order valence-electron chi connectivity index (χ3n) is 4.32. The summed E-state index contributed by atoms with van der Waals surface area (Å²) in [5, 5.41) is 0. The van der Waals surface area contributed by atoms with Gasteiger partial charge in [0.1, 0.15) is 0 Å². The minimum atomic E-state index is -0.0345. The van der Waals surface area contributed by atoms with Crippen molar-refractivity contribution in [2.75, 3.05) is 26.2 Å². The van der Waals surface area contributed by atoms with Crippen LogP contribution in [0.25, 0.3) is 0 Å². The van der Waals surface area contributed by atoms with Crippen molar-refractivity contribution in [3.63, 3.8) is 0 Å². The van der Waals surface area contributed by atoms with Gasteiger partial charge in [-0.2, -0.15) is 0 Å². The van der Waals surface area contributed by atoms with Gasteiger partial charge in [0.15, 0.2) is 11.5 Å². The Bertz CT molecular complexity index is 739. The van der Waals surface area contributed by atoms with Gasteiger partial charge in [-0.15, -0.1) is 0 Å². The van der Waals surface area contributed by atoms with Crippen molar-refractivity contribution in [2.45, 2.75) is 12.8 Å². The van der Waals surface area contributed by atoms with Crippen molar-refractivity contribution in [1.29, 1.82) is 0 Å². The van der Waals surface area contributed by atoms with Crippen LogP contribution in [-0.4, -0.2) is 27.2 Å². The fourth-order valence-corrected chi connectivity index (χ4v) is 3.05. The molecule has 1 unspecified atom stereocenters. The molecule has 0 saturated heterocycles. The SMILES string of the molecule is COc1cc2c(cc1OC)C(C)c1ccccc1N(C)C2=O. The molecule has 0 radical (unpaired) electrons. The quantitative estimate of drug-likeness (QED) is 0.852. The van der Waals surface area contributed by atoms with Crippen LogP contribution in [0.4, 0.5) is 5.69 Å². The van der Waals surface area contributed by atoms with Crippen LogP contribution in [0.1, 0.15) is 34.3 Å². The lowest BCUT2D eigenvalue weighted by atomic mass is 9.89. The van der Waals surface area contributed by atoms with Gasteiger partial charge in [-0.1, -0.05) is 25.1 Å². The summed E-state index contributed by atoms with van der Waals surface area (Å²) in [5.41, 5.74) is 3.68. The molecule has 0 aromatic heterocycles. The Hall–Kier alpha value is -2.49. The molecule has 2 aromatic carbocycles. The largest absolute Gasteiger partial charge is 0.493 e. The number of amides is 1. The van der Waals surface area contributed by atoms with E-state index in [1.807, 2.05) is 24.3 Å². The molecule has 1 aliphatic rings. The molecule has 1 heterocycles. The fraction of sp³-hybridized carbons (Fsp3) is 0.278. The number of nitrogens with zero attached hydrogens (tertiary/aromatic N) is 1. The molecule has 2 aromatic rings. The summed E-state index contributed by atoms with van der Waals surface area (Å²) in [6, 6.07) is 11.7. The second-order valence-corrected chi connectivity index (χ2v) is 5.44. The van der Waals surface area contributed by atoms with Crippen molar-refractivity contribution >= 4 is 11.6 Å². The maximum absolute atomic E-state index is 12.8. The van der Waals surface area contributed by atoms with Crippen molar-refractivity contribution in [2.24, 2.45) is 0 Å². The first-order valence-electron chi connectivity index (χ1n) is 7.21. The Labute approximate surface area is 130 Å². The van der Waals surface area contributed by atoms with Gasteiger partial charge in [0, 0.05) is 24.2 Å². The van der Waals surface area contributed by atoms with Crippen LogP contribution < -0.4 is 14.4 Å². The lowest BCUT2D eigenvalue weighted by molar-refractivity contribution is 0.0992. The number of anilines is 1. The minimum absolute atomic E-state index is 0.0345. The van der Waals surface area contributed by atoms with Gasteiger partial charge >= 0.3 is 0 Å². The Morgan fingerprint density at radius 1 is 1.00 bits per heavy atom. The number of rotatable bonds is 2. The monoisotopic (exact) mass is 297 g/mol.